The van der Waals surface area contributed by atoms with E-state index in [1.54, 1.807) is 36.4 Å². The van der Waals surface area contributed by atoms with Gasteiger partial charge in [0.2, 0.25) is 10.0 Å². The molecule has 7 heteroatoms. The molecule has 1 spiro atoms. The van der Waals surface area contributed by atoms with Gasteiger partial charge in [-0.05, 0) is 67.2 Å². The lowest BCUT2D eigenvalue weighted by Crippen LogP contribution is -2.70. The van der Waals surface area contributed by atoms with Gasteiger partial charge in [-0.2, -0.15) is 4.31 Å². The van der Waals surface area contributed by atoms with Crippen molar-refractivity contribution in [1.82, 2.24) is 4.31 Å². The van der Waals surface area contributed by atoms with Gasteiger partial charge in [-0.25, -0.2) is 8.42 Å². The lowest BCUT2D eigenvalue weighted by molar-refractivity contribution is -0.233. The molecule has 2 aromatic carbocycles. The van der Waals surface area contributed by atoms with Crippen molar-refractivity contribution in [3.05, 3.63) is 53.1 Å². The fourth-order valence-electron chi connectivity index (χ4n) is 8.01. The molecule has 36 heavy (non-hydrogen) atoms. The fraction of sp³-hybridized carbons (Fsp3) is 0.586. The molecule has 6 nitrogen and oxygen atoms in total. The summed E-state index contributed by atoms with van der Waals surface area (Å²) in [6, 6.07) is 10.3. The molecule has 0 saturated heterocycles. The minimum atomic E-state index is -3.68. The molecule has 194 valence electrons. The van der Waals surface area contributed by atoms with Crippen molar-refractivity contribution in [2.24, 2.45) is 22.7 Å². The van der Waals surface area contributed by atoms with Gasteiger partial charge in [0.15, 0.2) is 0 Å². The summed E-state index contributed by atoms with van der Waals surface area (Å²) in [7, 11) is -3.68. The second kappa shape index (κ2) is 7.71. The van der Waals surface area contributed by atoms with Crippen LogP contribution in [-0.2, 0) is 29.5 Å². The fourth-order valence-corrected chi connectivity index (χ4v) is 9.42. The molecular weight excluding hydrogens is 474 g/mol. The quantitative estimate of drug-likeness (QED) is 0.592. The van der Waals surface area contributed by atoms with Crippen LogP contribution < -0.4 is 4.74 Å². The summed E-state index contributed by atoms with van der Waals surface area (Å²) < 4.78 is 35.5. The van der Waals surface area contributed by atoms with Crippen LogP contribution in [0.2, 0.25) is 0 Å². The van der Waals surface area contributed by atoms with Gasteiger partial charge in [-0.15, -0.1) is 0 Å². The Labute approximate surface area is 214 Å². The Bertz CT molecular complexity index is 1320. The van der Waals surface area contributed by atoms with Gasteiger partial charge in [0.05, 0.1) is 11.0 Å². The Kier molecular flexibility index (Phi) is 5.20. The van der Waals surface area contributed by atoms with E-state index in [1.165, 1.54) is 4.31 Å². The third-order valence-electron chi connectivity index (χ3n) is 10.5. The third kappa shape index (κ3) is 3.05. The number of rotatable bonds is 2. The summed E-state index contributed by atoms with van der Waals surface area (Å²) in [4.78, 5) is 0.271. The first-order valence-corrected chi connectivity index (χ1v) is 14.6. The molecule has 4 aliphatic rings. The largest absolute Gasteiger partial charge is 0.508 e. The Hall–Kier alpha value is -2.09. The first-order valence-electron chi connectivity index (χ1n) is 13.2. The van der Waals surface area contributed by atoms with E-state index < -0.39 is 15.6 Å². The zero-order valence-corrected chi connectivity index (χ0v) is 22.4. The summed E-state index contributed by atoms with van der Waals surface area (Å²) in [5.41, 5.74) is 1.53. The maximum Gasteiger partial charge on any atom is 0.243 e. The first-order chi connectivity index (χ1) is 16.9. The maximum atomic E-state index is 13.4. The van der Waals surface area contributed by atoms with E-state index >= 15 is 0 Å². The molecule has 0 unspecified atom stereocenters. The Morgan fingerprint density at radius 1 is 1.03 bits per heavy atom. The molecule has 2 aliphatic carbocycles. The standard InChI is InChI=1S/C29H37NO5S/c1-18-10-11-24-27(2,3)25(32)12-13-29(24)28(18,4)15-21-23(31)14-19-16-30(17-22(19)26(21)35-29)36(33,34)20-8-6-5-7-9-20/h5-9,14,18,24-25,31-32H,10-13,15-17H2,1-4H3/t18-,24-,25-,28+,29-/m0/s1. The average molecular weight is 512 g/mol. The van der Waals surface area contributed by atoms with Gasteiger partial charge in [-0.3, -0.25) is 0 Å². The van der Waals surface area contributed by atoms with Gasteiger partial charge in [0, 0.05) is 35.5 Å². The van der Waals surface area contributed by atoms with Crippen LogP contribution in [0.15, 0.2) is 41.3 Å². The van der Waals surface area contributed by atoms with Gasteiger partial charge in [-0.1, -0.05) is 45.9 Å². The molecule has 2 aromatic rings. The molecule has 0 aromatic heterocycles. The van der Waals surface area contributed by atoms with E-state index in [9.17, 15) is 18.6 Å². The van der Waals surface area contributed by atoms with Crippen LogP contribution in [0.3, 0.4) is 0 Å². The molecule has 6 rings (SSSR count). The molecule has 2 N–H and O–H groups in total. The number of phenolic OH excluding ortho intramolecular Hbond substituents is 1. The number of nitrogens with zero attached hydrogens (tertiary/aromatic N) is 1. The lowest BCUT2D eigenvalue weighted by Gasteiger charge is -2.67. The van der Waals surface area contributed by atoms with Crippen LogP contribution in [0.4, 0.5) is 0 Å². The number of phenols is 1. The monoisotopic (exact) mass is 511 g/mol. The van der Waals surface area contributed by atoms with E-state index in [-0.39, 0.29) is 46.6 Å². The number of benzene rings is 2. The number of aromatic hydroxyl groups is 1. The third-order valence-corrected chi connectivity index (χ3v) is 12.3. The van der Waals surface area contributed by atoms with Gasteiger partial charge >= 0.3 is 0 Å². The predicted octanol–water partition coefficient (Wildman–Crippen LogP) is 5.00. The summed E-state index contributed by atoms with van der Waals surface area (Å²) in [5, 5.41) is 22.1. The SMILES string of the molecule is C[C@H]1CC[C@H]2C(C)(C)[C@@H](O)CC[C@]23Oc2c(c(O)cc4c2CN(S(=O)(=O)c2ccccc2)C4)C[C@]13C. The van der Waals surface area contributed by atoms with Crippen molar-refractivity contribution in [2.75, 3.05) is 0 Å². The highest BCUT2D eigenvalue weighted by Crippen LogP contribution is 2.67. The van der Waals surface area contributed by atoms with E-state index in [0.717, 1.165) is 36.0 Å². The molecule has 2 fully saturated rings. The maximum absolute atomic E-state index is 13.4. The number of aliphatic hydroxyl groups is 1. The van der Waals surface area contributed by atoms with Crippen molar-refractivity contribution in [2.45, 2.75) is 89.5 Å². The summed E-state index contributed by atoms with van der Waals surface area (Å²) in [5.74, 6) is 1.45. The summed E-state index contributed by atoms with van der Waals surface area (Å²) >= 11 is 0. The zero-order chi connectivity index (χ0) is 25.7. The smallest absolute Gasteiger partial charge is 0.243 e. The predicted molar refractivity (Wildman–Crippen MR) is 137 cm³/mol. The zero-order valence-electron chi connectivity index (χ0n) is 21.6. The second-order valence-electron chi connectivity index (χ2n) is 12.4. The summed E-state index contributed by atoms with van der Waals surface area (Å²) in [6.45, 7) is 9.38. The van der Waals surface area contributed by atoms with Crippen molar-refractivity contribution < 1.29 is 23.4 Å². The number of sulfonamides is 1. The Morgan fingerprint density at radius 2 is 1.75 bits per heavy atom. The topological polar surface area (TPSA) is 87.1 Å². The molecular formula is C29H37NO5S. The van der Waals surface area contributed by atoms with Gasteiger partial charge in [0.25, 0.3) is 0 Å². The Balaban J connectivity index is 1.46. The molecule has 2 saturated carbocycles. The highest BCUT2D eigenvalue weighted by atomic mass is 32.2. The van der Waals surface area contributed by atoms with E-state index in [2.05, 4.69) is 27.7 Å². The van der Waals surface area contributed by atoms with Crippen molar-refractivity contribution >= 4 is 10.0 Å². The minimum Gasteiger partial charge on any atom is -0.508 e. The molecule has 0 amide bonds. The number of hydrogen-bond donors (Lipinski definition) is 2. The molecule has 2 heterocycles. The van der Waals surface area contributed by atoms with E-state index in [0.29, 0.717) is 24.5 Å². The number of ether oxygens (including phenoxy) is 1. The van der Waals surface area contributed by atoms with Crippen molar-refractivity contribution in [3.8, 4) is 11.5 Å². The molecule has 5 atom stereocenters. The Morgan fingerprint density at radius 3 is 2.47 bits per heavy atom. The summed E-state index contributed by atoms with van der Waals surface area (Å²) in [6.07, 6.45) is 3.81. The first kappa shape index (κ1) is 24.3. The van der Waals surface area contributed by atoms with E-state index in [4.69, 9.17) is 4.74 Å². The number of aliphatic hydroxyl groups excluding tert-OH is 1. The number of hydrogen-bond acceptors (Lipinski definition) is 5. The van der Waals surface area contributed by atoms with Crippen molar-refractivity contribution in [1.29, 1.82) is 0 Å². The number of fused-ring (bicyclic) bond motifs is 3. The molecule has 0 radical (unpaired) electrons. The van der Waals surface area contributed by atoms with Crippen LogP contribution >= 0.6 is 0 Å². The van der Waals surface area contributed by atoms with Crippen LogP contribution in [0, 0.1) is 22.7 Å². The minimum absolute atomic E-state index is 0.173. The second-order valence-corrected chi connectivity index (χ2v) is 14.4. The normalized spacial score (nSPS) is 35.2. The average Bonchev–Trinajstić information content (AvgIpc) is 3.27. The molecule has 0 bridgehead atoms. The highest BCUT2D eigenvalue weighted by Gasteiger charge is 2.67. The van der Waals surface area contributed by atoms with Crippen LogP contribution in [0.25, 0.3) is 0 Å². The highest BCUT2D eigenvalue weighted by molar-refractivity contribution is 7.89. The van der Waals surface area contributed by atoms with Crippen LogP contribution in [0.5, 0.6) is 11.5 Å². The van der Waals surface area contributed by atoms with Crippen LogP contribution in [0.1, 0.15) is 70.1 Å². The van der Waals surface area contributed by atoms with E-state index in [1.807, 2.05) is 0 Å². The molecule has 2 aliphatic heterocycles. The van der Waals surface area contributed by atoms with Gasteiger partial charge in [0.1, 0.15) is 17.1 Å². The van der Waals surface area contributed by atoms with Gasteiger partial charge < -0.3 is 14.9 Å². The van der Waals surface area contributed by atoms with Crippen molar-refractivity contribution in [3.63, 3.8) is 0 Å². The van der Waals surface area contributed by atoms with Crippen LogP contribution in [-0.4, -0.2) is 34.6 Å². The lowest BCUT2D eigenvalue weighted by atomic mass is 9.43.